The van der Waals surface area contributed by atoms with Crippen molar-refractivity contribution in [1.82, 2.24) is 20.9 Å². The van der Waals surface area contributed by atoms with Crippen LogP contribution in [0, 0.1) is 0 Å². The Labute approximate surface area is 269 Å². The van der Waals surface area contributed by atoms with Crippen molar-refractivity contribution >= 4 is 39.8 Å². The Bertz CT molecular complexity index is 1700. The lowest BCUT2D eigenvalue weighted by atomic mass is 10.2. The van der Waals surface area contributed by atoms with Gasteiger partial charge in [-0.1, -0.05) is 0 Å². The molecule has 0 bridgehead atoms. The Balaban J connectivity index is 1.22. The standard InChI is InChI=1S/C33H38N4O10/c1-33(2,3)47-32(42)36-14-17-37(15-12-34-28(38)20-43-24-8-4-22-6-10-30(40)45-26(22)18-24)16-13-35-29(39)21-44-25-9-5-23-7-11-31(41)46-27(23)19-25/h4-11,18-19H,12-17,20-21H2,1-3H3,(H,34,38)(H,35,39)(H,36,42). The Kier molecular flexibility index (Phi) is 11.9. The molecule has 0 saturated carbocycles. The molecule has 4 rings (SSSR count). The second kappa shape index (κ2) is 16.3. The molecular weight excluding hydrogens is 612 g/mol. The van der Waals surface area contributed by atoms with Crippen molar-refractivity contribution in [3.8, 4) is 11.5 Å². The Hall–Kier alpha value is -5.37. The highest BCUT2D eigenvalue weighted by atomic mass is 16.6. The lowest BCUT2D eigenvalue weighted by molar-refractivity contribution is -0.123. The van der Waals surface area contributed by atoms with Crippen LogP contribution in [0.25, 0.3) is 21.9 Å². The second-order valence-corrected chi connectivity index (χ2v) is 11.5. The van der Waals surface area contributed by atoms with Crippen molar-refractivity contribution in [2.75, 3.05) is 52.5 Å². The van der Waals surface area contributed by atoms with E-state index < -0.39 is 22.9 Å². The normalized spacial score (nSPS) is 11.3. The number of amides is 3. The molecule has 4 aromatic rings. The van der Waals surface area contributed by atoms with E-state index in [0.717, 1.165) is 10.8 Å². The van der Waals surface area contributed by atoms with Crippen LogP contribution in [0.5, 0.6) is 11.5 Å². The molecule has 3 N–H and O–H groups in total. The summed E-state index contributed by atoms with van der Waals surface area (Å²) in [6.07, 6.45) is -0.547. The number of nitrogens with zero attached hydrogens (tertiary/aromatic N) is 1. The molecule has 250 valence electrons. The van der Waals surface area contributed by atoms with E-state index in [1.54, 1.807) is 69.3 Å². The quantitative estimate of drug-likeness (QED) is 0.161. The molecule has 14 heteroatoms. The monoisotopic (exact) mass is 650 g/mol. The van der Waals surface area contributed by atoms with Gasteiger partial charge in [0.1, 0.15) is 28.3 Å². The summed E-state index contributed by atoms with van der Waals surface area (Å²) in [7, 11) is 0. The number of nitrogens with one attached hydrogen (secondary N) is 3. The molecule has 0 saturated heterocycles. The number of carbonyl (C=O) groups is 3. The van der Waals surface area contributed by atoms with E-state index in [2.05, 4.69) is 16.0 Å². The van der Waals surface area contributed by atoms with Gasteiger partial charge in [0, 0.05) is 74.3 Å². The lowest BCUT2D eigenvalue weighted by Gasteiger charge is -2.24. The van der Waals surface area contributed by atoms with Crippen molar-refractivity contribution in [2.45, 2.75) is 26.4 Å². The van der Waals surface area contributed by atoms with Gasteiger partial charge in [0.25, 0.3) is 11.8 Å². The van der Waals surface area contributed by atoms with E-state index in [4.69, 9.17) is 23.0 Å². The molecule has 0 spiro atoms. The summed E-state index contributed by atoms with van der Waals surface area (Å²) >= 11 is 0. The van der Waals surface area contributed by atoms with Gasteiger partial charge in [0.05, 0.1) is 0 Å². The van der Waals surface area contributed by atoms with Gasteiger partial charge in [-0.2, -0.15) is 0 Å². The van der Waals surface area contributed by atoms with Crippen LogP contribution in [-0.2, 0) is 14.3 Å². The van der Waals surface area contributed by atoms with Gasteiger partial charge >= 0.3 is 17.3 Å². The number of hydrogen-bond donors (Lipinski definition) is 3. The number of hydrogen-bond acceptors (Lipinski definition) is 11. The largest absolute Gasteiger partial charge is 0.484 e. The van der Waals surface area contributed by atoms with Crippen molar-refractivity contribution in [3.63, 3.8) is 0 Å². The van der Waals surface area contributed by atoms with Crippen molar-refractivity contribution < 1.29 is 37.4 Å². The molecule has 0 aliphatic carbocycles. The minimum Gasteiger partial charge on any atom is -0.484 e. The minimum atomic E-state index is -0.635. The van der Waals surface area contributed by atoms with Crippen LogP contribution in [0.4, 0.5) is 4.79 Å². The van der Waals surface area contributed by atoms with E-state index in [-0.39, 0.29) is 44.7 Å². The van der Waals surface area contributed by atoms with Gasteiger partial charge in [-0.05, 0) is 57.2 Å². The summed E-state index contributed by atoms with van der Waals surface area (Å²) in [5.74, 6) is 0.0438. The first-order valence-electron chi connectivity index (χ1n) is 15.0. The summed E-state index contributed by atoms with van der Waals surface area (Å²) in [6, 6.07) is 15.8. The summed E-state index contributed by atoms with van der Waals surface area (Å²) in [4.78, 5) is 61.9. The fourth-order valence-electron chi connectivity index (χ4n) is 4.33. The number of ether oxygens (including phenoxy) is 3. The maximum atomic E-state index is 12.4. The predicted octanol–water partition coefficient (Wildman–Crippen LogP) is 2.42. The molecule has 0 atom stereocenters. The average Bonchev–Trinajstić information content (AvgIpc) is 3.01. The second-order valence-electron chi connectivity index (χ2n) is 11.5. The van der Waals surface area contributed by atoms with Crippen LogP contribution in [-0.4, -0.2) is 80.9 Å². The first kappa shape index (κ1) is 34.5. The third-order valence-corrected chi connectivity index (χ3v) is 6.53. The molecule has 0 fully saturated rings. The molecule has 0 aliphatic heterocycles. The molecular formula is C33H38N4O10. The first-order chi connectivity index (χ1) is 22.4. The van der Waals surface area contributed by atoms with E-state index in [9.17, 15) is 24.0 Å². The first-order valence-corrected chi connectivity index (χ1v) is 15.0. The van der Waals surface area contributed by atoms with Gasteiger partial charge in [-0.25, -0.2) is 14.4 Å². The number of rotatable bonds is 15. The Morgan fingerprint density at radius 1 is 0.660 bits per heavy atom. The predicted molar refractivity (Wildman–Crippen MR) is 173 cm³/mol. The highest BCUT2D eigenvalue weighted by molar-refractivity contribution is 5.80. The van der Waals surface area contributed by atoms with Crippen LogP contribution in [0.3, 0.4) is 0 Å². The molecule has 14 nitrogen and oxygen atoms in total. The number of carbonyl (C=O) groups excluding carboxylic acids is 3. The molecule has 2 aromatic heterocycles. The highest BCUT2D eigenvalue weighted by Crippen LogP contribution is 2.20. The van der Waals surface area contributed by atoms with E-state index in [1.807, 2.05) is 4.90 Å². The topological polar surface area (TPSA) is 179 Å². The Morgan fingerprint density at radius 2 is 1.09 bits per heavy atom. The molecule has 3 amide bonds. The minimum absolute atomic E-state index is 0.248. The average molecular weight is 651 g/mol. The molecule has 0 unspecified atom stereocenters. The number of benzene rings is 2. The SMILES string of the molecule is CC(C)(C)OC(=O)NCCN(CCNC(=O)COc1ccc2ccc(=O)oc2c1)CCNC(=O)COc1ccc2ccc(=O)oc2c1. The summed E-state index contributed by atoms with van der Waals surface area (Å²) in [6.45, 7) is 6.89. The highest BCUT2D eigenvalue weighted by Gasteiger charge is 2.16. The van der Waals surface area contributed by atoms with Gasteiger partial charge in [0.15, 0.2) is 13.2 Å². The summed E-state index contributed by atoms with van der Waals surface area (Å²) in [5, 5.41) is 9.74. The zero-order valence-corrected chi connectivity index (χ0v) is 26.5. The molecule has 0 aliphatic rings. The molecule has 2 aromatic carbocycles. The fraction of sp³-hybridized carbons (Fsp3) is 0.364. The third-order valence-electron chi connectivity index (χ3n) is 6.53. The van der Waals surface area contributed by atoms with Crippen LogP contribution < -0.4 is 36.7 Å². The number of alkyl carbamates (subject to hydrolysis) is 1. The van der Waals surface area contributed by atoms with Gasteiger partial charge in [-0.15, -0.1) is 0 Å². The maximum Gasteiger partial charge on any atom is 0.407 e. The Morgan fingerprint density at radius 3 is 1.53 bits per heavy atom. The van der Waals surface area contributed by atoms with E-state index >= 15 is 0 Å². The van der Waals surface area contributed by atoms with Crippen molar-refractivity contribution in [3.05, 3.63) is 81.5 Å². The third kappa shape index (κ3) is 11.8. The van der Waals surface area contributed by atoms with E-state index in [0.29, 0.717) is 42.3 Å². The summed E-state index contributed by atoms with van der Waals surface area (Å²) in [5.41, 5.74) is -0.889. The van der Waals surface area contributed by atoms with Gasteiger partial charge < -0.3 is 39.0 Å². The van der Waals surface area contributed by atoms with Gasteiger partial charge in [0.2, 0.25) is 0 Å². The molecule has 2 heterocycles. The van der Waals surface area contributed by atoms with E-state index in [1.165, 1.54) is 12.1 Å². The smallest absolute Gasteiger partial charge is 0.407 e. The maximum absolute atomic E-state index is 12.4. The van der Waals surface area contributed by atoms with Crippen LogP contribution in [0.15, 0.2) is 79.1 Å². The van der Waals surface area contributed by atoms with Crippen molar-refractivity contribution in [2.24, 2.45) is 0 Å². The fourth-order valence-corrected chi connectivity index (χ4v) is 4.33. The summed E-state index contributed by atoms with van der Waals surface area (Å²) < 4.78 is 26.7. The molecule has 47 heavy (non-hydrogen) atoms. The van der Waals surface area contributed by atoms with Gasteiger partial charge in [-0.3, -0.25) is 14.5 Å². The zero-order chi connectivity index (χ0) is 33.8. The lowest BCUT2D eigenvalue weighted by Crippen LogP contribution is -2.44. The van der Waals surface area contributed by atoms with Crippen LogP contribution in [0.2, 0.25) is 0 Å². The number of fused-ring (bicyclic) bond motifs is 2. The molecule has 0 radical (unpaired) electrons. The van der Waals surface area contributed by atoms with Crippen LogP contribution in [0.1, 0.15) is 20.8 Å². The van der Waals surface area contributed by atoms with Crippen molar-refractivity contribution in [1.29, 1.82) is 0 Å². The van der Waals surface area contributed by atoms with Crippen LogP contribution >= 0.6 is 0 Å². The zero-order valence-electron chi connectivity index (χ0n) is 26.5.